The highest BCUT2D eigenvalue weighted by molar-refractivity contribution is 6.31. The minimum absolute atomic E-state index is 0.407. The van der Waals surface area contributed by atoms with Gasteiger partial charge in [0.2, 0.25) is 5.91 Å². The molecular weight excluding hydrogens is 368 g/mol. The molecule has 0 aliphatic heterocycles. The van der Waals surface area contributed by atoms with E-state index in [9.17, 15) is 4.79 Å². The van der Waals surface area contributed by atoms with Crippen molar-refractivity contribution in [3.63, 3.8) is 0 Å². The number of nitrogens with two attached hydrogens (primary N) is 1. The Morgan fingerprint density at radius 2 is 1.86 bits per heavy atom. The molecule has 0 bridgehead atoms. The number of aromatic nitrogens is 1. The van der Waals surface area contributed by atoms with E-state index in [0.29, 0.717) is 18.0 Å². The Labute approximate surface area is 169 Å². The number of fused-ring (bicyclic) bond motifs is 3. The molecule has 3 aromatic carbocycles. The van der Waals surface area contributed by atoms with Crippen molar-refractivity contribution in [2.45, 2.75) is 33.2 Å². The smallest absolute Gasteiger partial charge is 0.249 e. The van der Waals surface area contributed by atoms with Crippen LogP contribution in [0.5, 0.6) is 0 Å². The van der Waals surface area contributed by atoms with Gasteiger partial charge < -0.3 is 10.3 Å². The predicted molar refractivity (Wildman–Crippen MR) is 117 cm³/mol. The van der Waals surface area contributed by atoms with Gasteiger partial charge in [0.05, 0.1) is 5.52 Å². The number of rotatable bonds is 4. The summed E-state index contributed by atoms with van der Waals surface area (Å²) in [5.74, 6) is 0.0104. The van der Waals surface area contributed by atoms with Crippen LogP contribution in [-0.2, 0) is 6.54 Å². The summed E-state index contributed by atoms with van der Waals surface area (Å²) in [6.07, 6.45) is 0. The molecular formula is C24H23ClN2O. The van der Waals surface area contributed by atoms with Gasteiger partial charge in [-0.1, -0.05) is 55.8 Å². The minimum Gasteiger partial charge on any atom is -0.366 e. The van der Waals surface area contributed by atoms with E-state index in [-0.39, 0.29) is 0 Å². The lowest BCUT2D eigenvalue weighted by Crippen LogP contribution is -2.11. The lowest BCUT2D eigenvalue weighted by molar-refractivity contribution is 0.100. The zero-order valence-electron chi connectivity index (χ0n) is 16.3. The number of primary amides is 1. The largest absolute Gasteiger partial charge is 0.366 e. The van der Waals surface area contributed by atoms with Gasteiger partial charge in [-0.3, -0.25) is 4.79 Å². The van der Waals surface area contributed by atoms with Gasteiger partial charge in [-0.25, -0.2) is 0 Å². The molecule has 0 fully saturated rings. The summed E-state index contributed by atoms with van der Waals surface area (Å²) in [6, 6.07) is 18.4. The maximum absolute atomic E-state index is 12.1. The predicted octanol–water partition coefficient (Wildman–Crippen LogP) is 6.03. The van der Waals surface area contributed by atoms with Crippen molar-refractivity contribution in [1.82, 2.24) is 4.57 Å². The second-order valence-electron chi connectivity index (χ2n) is 7.66. The van der Waals surface area contributed by atoms with Crippen LogP contribution in [0.3, 0.4) is 0 Å². The summed E-state index contributed by atoms with van der Waals surface area (Å²) in [5, 5.41) is 2.73. The van der Waals surface area contributed by atoms with Gasteiger partial charge >= 0.3 is 0 Å². The lowest BCUT2D eigenvalue weighted by atomic mass is 10.00. The number of hydrogen-bond acceptors (Lipinski definition) is 1. The topological polar surface area (TPSA) is 48.0 Å². The van der Waals surface area contributed by atoms with Crippen molar-refractivity contribution in [2.75, 3.05) is 0 Å². The molecule has 1 aromatic heterocycles. The average Bonchev–Trinajstić information content (AvgIpc) is 2.98. The molecule has 3 nitrogen and oxygen atoms in total. The summed E-state index contributed by atoms with van der Waals surface area (Å²) in [4.78, 5) is 12.1. The number of hydrogen-bond donors (Lipinski definition) is 1. The molecule has 142 valence electrons. The Kier molecular flexibility index (Phi) is 4.64. The molecule has 0 saturated heterocycles. The lowest BCUT2D eigenvalue weighted by Gasteiger charge is -2.11. The molecule has 4 rings (SSSR count). The zero-order valence-corrected chi connectivity index (χ0v) is 17.0. The van der Waals surface area contributed by atoms with E-state index in [2.05, 4.69) is 42.7 Å². The number of benzene rings is 3. The molecule has 0 unspecified atom stereocenters. The van der Waals surface area contributed by atoms with Crippen LogP contribution in [0.15, 0.2) is 54.6 Å². The van der Waals surface area contributed by atoms with Gasteiger partial charge in [0.15, 0.2) is 0 Å². The highest BCUT2D eigenvalue weighted by atomic mass is 35.5. The maximum Gasteiger partial charge on any atom is 0.249 e. The molecule has 4 heteroatoms. The van der Waals surface area contributed by atoms with E-state index in [4.69, 9.17) is 17.3 Å². The summed E-state index contributed by atoms with van der Waals surface area (Å²) in [6.45, 7) is 7.04. The van der Waals surface area contributed by atoms with Crippen LogP contribution in [0.2, 0.25) is 5.02 Å². The number of carbonyl (C=O) groups excluding carboxylic acids is 1. The molecule has 0 atom stereocenters. The second kappa shape index (κ2) is 6.99. The van der Waals surface area contributed by atoms with Crippen molar-refractivity contribution in [3.05, 3.63) is 81.9 Å². The number of amides is 1. The Morgan fingerprint density at radius 1 is 1.07 bits per heavy atom. The van der Waals surface area contributed by atoms with Crippen LogP contribution < -0.4 is 5.73 Å². The Bertz CT molecular complexity index is 1220. The van der Waals surface area contributed by atoms with Gasteiger partial charge in [0, 0.05) is 33.4 Å². The van der Waals surface area contributed by atoms with Crippen LogP contribution >= 0.6 is 11.6 Å². The second-order valence-corrected chi connectivity index (χ2v) is 8.07. The van der Waals surface area contributed by atoms with E-state index in [0.717, 1.165) is 38.0 Å². The summed E-state index contributed by atoms with van der Waals surface area (Å²) < 4.78 is 2.25. The number of carbonyl (C=O) groups is 1. The molecule has 0 radical (unpaired) electrons. The van der Waals surface area contributed by atoms with Crippen molar-refractivity contribution in [1.29, 1.82) is 0 Å². The standard InChI is InChI=1S/C24H23ClN2O/c1-14(2)17-9-10-18-22(12-17)27(13-16-8-7-15(3)20(25)11-16)21-6-4-5-19(23(18)21)24(26)28/h4-12,14H,13H2,1-3H3,(H2,26,28). The monoisotopic (exact) mass is 390 g/mol. The molecule has 0 aliphatic carbocycles. The maximum atomic E-state index is 12.1. The molecule has 0 aliphatic rings. The molecule has 2 N–H and O–H groups in total. The Hall–Kier alpha value is -2.78. The minimum atomic E-state index is -0.407. The fourth-order valence-corrected chi connectivity index (χ4v) is 4.02. The molecule has 1 amide bonds. The molecule has 28 heavy (non-hydrogen) atoms. The van der Waals surface area contributed by atoms with Crippen LogP contribution in [0.25, 0.3) is 21.8 Å². The van der Waals surface area contributed by atoms with Gasteiger partial charge in [0.1, 0.15) is 0 Å². The first-order chi connectivity index (χ1) is 13.4. The van der Waals surface area contributed by atoms with E-state index in [1.54, 1.807) is 6.07 Å². The van der Waals surface area contributed by atoms with E-state index < -0.39 is 5.91 Å². The first-order valence-electron chi connectivity index (χ1n) is 9.46. The summed E-state index contributed by atoms with van der Waals surface area (Å²) in [7, 11) is 0. The molecule has 0 spiro atoms. The van der Waals surface area contributed by atoms with Gasteiger partial charge in [-0.15, -0.1) is 0 Å². The fraction of sp³-hybridized carbons (Fsp3) is 0.208. The van der Waals surface area contributed by atoms with E-state index in [1.807, 2.05) is 31.2 Å². The number of aryl methyl sites for hydroxylation is 1. The highest BCUT2D eigenvalue weighted by Crippen LogP contribution is 2.34. The first kappa shape index (κ1) is 18.6. The van der Waals surface area contributed by atoms with E-state index in [1.165, 1.54) is 5.56 Å². The van der Waals surface area contributed by atoms with Crippen LogP contribution in [0, 0.1) is 6.92 Å². The summed E-state index contributed by atoms with van der Waals surface area (Å²) in [5.41, 5.74) is 11.8. The van der Waals surface area contributed by atoms with Gasteiger partial charge in [-0.2, -0.15) is 0 Å². The van der Waals surface area contributed by atoms with Crippen LogP contribution in [0.4, 0.5) is 0 Å². The van der Waals surface area contributed by atoms with Gasteiger partial charge in [-0.05, 0) is 53.8 Å². The third-order valence-corrected chi connectivity index (χ3v) is 5.83. The van der Waals surface area contributed by atoms with Crippen molar-refractivity contribution in [2.24, 2.45) is 5.73 Å². The first-order valence-corrected chi connectivity index (χ1v) is 9.84. The average molecular weight is 391 g/mol. The van der Waals surface area contributed by atoms with Crippen molar-refractivity contribution < 1.29 is 4.79 Å². The van der Waals surface area contributed by atoms with Gasteiger partial charge in [0.25, 0.3) is 0 Å². The van der Waals surface area contributed by atoms with Crippen molar-refractivity contribution >= 4 is 39.3 Å². The third kappa shape index (κ3) is 3.06. The third-order valence-electron chi connectivity index (χ3n) is 5.42. The fourth-order valence-electron chi connectivity index (χ4n) is 3.81. The van der Waals surface area contributed by atoms with E-state index >= 15 is 0 Å². The van der Waals surface area contributed by atoms with Crippen LogP contribution in [0.1, 0.15) is 46.8 Å². The number of halogens is 1. The summed E-state index contributed by atoms with van der Waals surface area (Å²) >= 11 is 6.35. The Morgan fingerprint density at radius 3 is 2.54 bits per heavy atom. The quantitative estimate of drug-likeness (QED) is 0.454. The zero-order chi connectivity index (χ0) is 20.0. The molecule has 4 aromatic rings. The van der Waals surface area contributed by atoms with Crippen LogP contribution in [-0.4, -0.2) is 10.5 Å². The molecule has 0 saturated carbocycles. The SMILES string of the molecule is Cc1ccc(Cn2c3cc(C(C)C)ccc3c3c(C(N)=O)cccc32)cc1Cl. The normalized spacial score (nSPS) is 11.6. The highest BCUT2D eigenvalue weighted by Gasteiger charge is 2.17. The number of nitrogens with zero attached hydrogens (tertiary/aromatic N) is 1. The Balaban J connectivity index is 2.03. The van der Waals surface area contributed by atoms with Crippen molar-refractivity contribution in [3.8, 4) is 0 Å². The molecule has 1 heterocycles.